The van der Waals surface area contributed by atoms with Crippen molar-refractivity contribution in [1.82, 2.24) is 0 Å². The van der Waals surface area contributed by atoms with Crippen LogP contribution in [0, 0.1) is 5.92 Å². The predicted molar refractivity (Wildman–Crippen MR) is 67.9 cm³/mol. The molecule has 3 N–H and O–H groups in total. The Morgan fingerprint density at radius 2 is 2.38 bits per heavy atom. The average Bonchev–Trinajstić information content (AvgIpc) is 2.75. The first-order valence-electron chi connectivity index (χ1n) is 5.56. The zero-order valence-corrected chi connectivity index (χ0v) is 10.1. The summed E-state index contributed by atoms with van der Waals surface area (Å²) in [4.78, 5) is 0. The van der Waals surface area contributed by atoms with E-state index >= 15 is 0 Å². The fourth-order valence-corrected chi connectivity index (χ4v) is 2.20. The monoisotopic (exact) mass is 240 g/mol. The van der Waals surface area contributed by atoms with Crippen LogP contribution in [0.4, 0.5) is 11.4 Å². The van der Waals surface area contributed by atoms with E-state index in [1.54, 1.807) is 6.07 Å². The molecule has 2 atom stereocenters. The van der Waals surface area contributed by atoms with E-state index in [-0.39, 0.29) is 0 Å². The molecule has 1 aromatic rings. The molecule has 2 unspecified atom stereocenters. The summed E-state index contributed by atoms with van der Waals surface area (Å²) >= 11 is 6.11. The third-order valence-electron chi connectivity index (χ3n) is 3.05. The lowest BCUT2D eigenvalue weighted by Crippen LogP contribution is -2.26. The zero-order chi connectivity index (χ0) is 11.5. The normalized spacial score (nSPS) is 22.0. The van der Waals surface area contributed by atoms with Gasteiger partial charge in [0.25, 0.3) is 0 Å². The van der Waals surface area contributed by atoms with Gasteiger partial charge < -0.3 is 15.8 Å². The molecule has 0 saturated carbocycles. The molecule has 0 aromatic heterocycles. The van der Waals surface area contributed by atoms with Crippen LogP contribution in [0.3, 0.4) is 0 Å². The molecule has 88 valence electrons. The minimum Gasteiger partial charge on any atom is -0.399 e. The molecule has 16 heavy (non-hydrogen) atoms. The lowest BCUT2D eigenvalue weighted by Gasteiger charge is -2.21. The highest BCUT2D eigenvalue weighted by Gasteiger charge is 2.22. The average molecular weight is 241 g/mol. The minimum atomic E-state index is 0.364. The van der Waals surface area contributed by atoms with Crippen LogP contribution in [0.5, 0.6) is 0 Å². The van der Waals surface area contributed by atoms with E-state index in [1.165, 1.54) is 0 Å². The maximum absolute atomic E-state index is 6.11. The van der Waals surface area contributed by atoms with Gasteiger partial charge in [-0.1, -0.05) is 11.6 Å². The van der Waals surface area contributed by atoms with Gasteiger partial charge in [0.2, 0.25) is 0 Å². The number of hydrogen-bond donors (Lipinski definition) is 2. The van der Waals surface area contributed by atoms with Crippen molar-refractivity contribution in [3.63, 3.8) is 0 Å². The number of nitrogen functional groups attached to an aromatic ring is 1. The number of anilines is 2. The van der Waals surface area contributed by atoms with Crippen LogP contribution < -0.4 is 11.1 Å². The summed E-state index contributed by atoms with van der Waals surface area (Å²) in [6, 6.07) is 5.90. The fourth-order valence-electron chi connectivity index (χ4n) is 1.96. The summed E-state index contributed by atoms with van der Waals surface area (Å²) < 4.78 is 5.37. The second kappa shape index (κ2) is 4.93. The maximum atomic E-state index is 6.11. The highest BCUT2D eigenvalue weighted by Crippen LogP contribution is 2.27. The van der Waals surface area contributed by atoms with Gasteiger partial charge in [-0.05, 0) is 31.5 Å². The molecule has 1 fully saturated rings. The molecule has 0 aliphatic carbocycles. The standard InChI is InChI=1S/C12H17ClN2O/c1-8(9-4-5-16-7-9)15-12-3-2-10(14)6-11(12)13/h2-3,6,8-9,15H,4-5,7,14H2,1H3. The van der Waals surface area contributed by atoms with Gasteiger partial charge in [-0.25, -0.2) is 0 Å². The van der Waals surface area contributed by atoms with Crippen molar-refractivity contribution >= 4 is 23.0 Å². The largest absolute Gasteiger partial charge is 0.399 e. The predicted octanol–water partition coefficient (Wildman–Crippen LogP) is 2.76. The summed E-state index contributed by atoms with van der Waals surface area (Å²) in [6.07, 6.45) is 1.11. The molecule has 2 rings (SSSR count). The van der Waals surface area contributed by atoms with Crippen molar-refractivity contribution in [3.05, 3.63) is 23.2 Å². The first-order valence-corrected chi connectivity index (χ1v) is 5.94. The van der Waals surface area contributed by atoms with Crippen molar-refractivity contribution in [1.29, 1.82) is 0 Å². The molecule has 1 aliphatic rings. The summed E-state index contributed by atoms with van der Waals surface area (Å²) in [5.74, 6) is 0.564. The van der Waals surface area contributed by atoms with Crippen molar-refractivity contribution in [2.24, 2.45) is 5.92 Å². The van der Waals surface area contributed by atoms with Crippen LogP contribution in [0.25, 0.3) is 0 Å². The lowest BCUT2D eigenvalue weighted by molar-refractivity contribution is 0.183. The van der Waals surface area contributed by atoms with Crippen LogP contribution in [0.1, 0.15) is 13.3 Å². The van der Waals surface area contributed by atoms with E-state index in [0.717, 1.165) is 25.3 Å². The van der Waals surface area contributed by atoms with Gasteiger partial charge >= 0.3 is 0 Å². The summed E-state index contributed by atoms with van der Waals surface area (Å²) in [7, 11) is 0. The first-order chi connectivity index (χ1) is 7.66. The molecule has 0 amide bonds. The maximum Gasteiger partial charge on any atom is 0.0658 e. The molecule has 1 aromatic carbocycles. The molecule has 0 radical (unpaired) electrons. The van der Waals surface area contributed by atoms with E-state index < -0.39 is 0 Å². The molecular formula is C12H17ClN2O. The molecule has 1 saturated heterocycles. The highest BCUT2D eigenvalue weighted by molar-refractivity contribution is 6.33. The third-order valence-corrected chi connectivity index (χ3v) is 3.36. The van der Waals surface area contributed by atoms with Crippen molar-refractivity contribution < 1.29 is 4.74 Å². The number of rotatable bonds is 3. The third kappa shape index (κ3) is 2.60. The molecular weight excluding hydrogens is 224 g/mol. The zero-order valence-electron chi connectivity index (χ0n) is 9.37. The summed E-state index contributed by atoms with van der Waals surface area (Å²) in [6.45, 7) is 3.86. The van der Waals surface area contributed by atoms with Crippen molar-refractivity contribution in [3.8, 4) is 0 Å². The van der Waals surface area contributed by atoms with Crippen LogP contribution >= 0.6 is 11.6 Å². The van der Waals surface area contributed by atoms with Gasteiger partial charge in [-0.3, -0.25) is 0 Å². The summed E-state index contributed by atoms with van der Waals surface area (Å²) in [5.41, 5.74) is 7.28. The van der Waals surface area contributed by atoms with Crippen LogP contribution in [-0.4, -0.2) is 19.3 Å². The number of ether oxygens (including phenoxy) is 1. The first kappa shape index (κ1) is 11.6. The van der Waals surface area contributed by atoms with E-state index in [1.807, 2.05) is 12.1 Å². The Labute approximate surface area is 101 Å². The van der Waals surface area contributed by atoms with Gasteiger partial charge in [-0.15, -0.1) is 0 Å². The van der Waals surface area contributed by atoms with Gasteiger partial charge in [-0.2, -0.15) is 0 Å². The SMILES string of the molecule is CC(Nc1ccc(N)cc1Cl)C1CCOC1. The Hall–Kier alpha value is -0.930. The number of benzene rings is 1. The van der Waals surface area contributed by atoms with E-state index in [4.69, 9.17) is 22.1 Å². The highest BCUT2D eigenvalue weighted by atomic mass is 35.5. The number of halogens is 1. The second-order valence-electron chi connectivity index (χ2n) is 4.30. The molecule has 4 heteroatoms. The topological polar surface area (TPSA) is 47.3 Å². The molecule has 1 aliphatic heterocycles. The van der Waals surface area contributed by atoms with Crippen molar-refractivity contribution in [2.45, 2.75) is 19.4 Å². The van der Waals surface area contributed by atoms with Gasteiger partial charge in [0.05, 0.1) is 17.3 Å². The number of nitrogens with two attached hydrogens (primary N) is 1. The molecule has 0 spiro atoms. The van der Waals surface area contributed by atoms with Crippen LogP contribution in [0.15, 0.2) is 18.2 Å². The lowest BCUT2D eigenvalue weighted by atomic mass is 10.0. The van der Waals surface area contributed by atoms with Crippen LogP contribution in [0.2, 0.25) is 5.02 Å². The molecule has 1 heterocycles. The molecule has 0 bridgehead atoms. The Morgan fingerprint density at radius 3 is 3.00 bits per heavy atom. The summed E-state index contributed by atoms with van der Waals surface area (Å²) in [5, 5.41) is 4.08. The van der Waals surface area contributed by atoms with Gasteiger partial charge in [0.1, 0.15) is 0 Å². The number of nitrogens with one attached hydrogen (secondary N) is 1. The van der Waals surface area contributed by atoms with Gasteiger partial charge in [0, 0.05) is 24.3 Å². The Morgan fingerprint density at radius 1 is 1.56 bits per heavy atom. The Kier molecular flexibility index (Phi) is 3.56. The van der Waals surface area contributed by atoms with E-state index in [9.17, 15) is 0 Å². The number of hydrogen-bond acceptors (Lipinski definition) is 3. The smallest absolute Gasteiger partial charge is 0.0658 e. The van der Waals surface area contributed by atoms with Gasteiger partial charge in [0.15, 0.2) is 0 Å². The Bertz CT molecular complexity index is 364. The Balaban J connectivity index is 2.02. The molecule has 3 nitrogen and oxygen atoms in total. The van der Waals surface area contributed by atoms with E-state index in [0.29, 0.717) is 22.7 Å². The fraction of sp³-hybridized carbons (Fsp3) is 0.500. The van der Waals surface area contributed by atoms with E-state index in [2.05, 4.69) is 12.2 Å². The van der Waals surface area contributed by atoms with Crippen molar-refractivity contribution in [2.75, 3.05) is 24.3 Å². The quantitative estimate of drug-likeness (QED) is 0.799. The van der Waals surface area contributed by atoms with Crippen LogP contribution in [-0.2, 0) is 4.74 Å². The minimum absolute atomic E-state index is 0.364. The second-order valence-corrected chi connectivity index (χ2v) is 4.70.